The van der Waals surface area contributed by atoms with Crippen LogP contribution in [0.5, 0.6) is 11.6 Å². The van der Waals surface area contributed by atoms with E-state index in [9.17, 15) is 4.39 Å². The van der Waals surface area contributed by atoms with E-state index in [1.54, 1.807) is 18.5 Å². The standard InChI is InChI=1S/C23H20FN5O2/c1-14(17-4-6-26-23-22(17)30-7-8-31-23)12-27-20-11-19(28-13-29-20)16-9-15-3-2-5-25-21(15)18(24)10-16/h2-6,9-11,13-14H,7-8,12H2,1H3,(H,27,28,29). The van der Waals surface area contributed by atoms with E-state index in [0.717, 1.165) is 10.9 Å². The maximum absolute atomic E-state index is 14.5. The summed E-state index contributed by atoms with van der Waals surface area (Å²) in [5.74, 6) is 1.64. The van der Waals surface area contributed by atoms with Crippen molar-refractivity contribution in [1.29, 1.82) is 0 Å². The number of fused-ring (bicyclic) bond motifs is 2. The maximum atomic E-state index is 14.5. The zero-order valence-corrected chi connectivity index (χ0v) is 16.9. The number of aromatic nitrogens is 4. The monoisotopic (exact) mass is 417 g/mol. The molecule has 0 saturated carbocycles. The van der Waals surface area contributed by atoms with Gasteiger partial charge in [0.2, 0.25) is 0 Å². The fourth-order valence-corrected chi connectivity index (χ4v) is 3.64. The molecule has 4 aromatic rings. The predicted molar refractivity (Wildman–Crippen MR) is 115 cm³/mol. The van der Waals surface area contributed by atoms with Crippen molar-refractivity contribution < 1.29 is 13.9 Å². The third-order valence-corrected chi connectivity index (χ3v) is 5.21. The summed E-state index contributed by atoms with van der Waals surface area (Å²) in [7, 11) is 0. The average Bonchev–Trinajstić information content (AvgIpc) is 2.82. The predicted octanol–water partition coefficient (Wildman–Crippen LogP) is 4.21. The van der Waals surface area contributed by atoms with E-state index in [4.69, 9.17) is 9.47 Å². The first kappa shape index (κ1) is 19.2. The van der Waals surface area contributed by atoms with Crippen LogP contribution < -0.4 is 14.8 Å². The number of rotatable bonds is 5. The maximum Gasteiger partial charge on any atom is 0.257 e. The number of ether oxygens (including phenoxy) is 2. The Balaban J connectivity index is 1.36. The lowest BCUT2D eigenvalue weighted by Gasteiger charge is -2.22. The number of anilines is 1. The summed E-state index contributed by atoms with van der Waals surface area (Å²) in [5, 5.41) is 4.06. The molecule has 1 aliphatic rings. The quantitative estimate of drug-likeness (QED) is 0.521. The van der Waals surface area contributed by atoms with Gasteiger partial charge in [-0.25, -0.2) is 19.3 Å². The van der Waals surface area contributed by atoms with E-state index in [1.165, 1.54) is 12.4 Å². The number of halogens is 1. The molecule has 0 amide bonds. The fourth-order valence-electron chi connectivity index (χ4n) is 3.64. The number of nitrogens with one attached hydrogen (secondary N) is 1. The van der Waals surface area contributed by atoms with Gasteiger partial charge >= 0.3 is 0 Å². The molecule has 7 nitrogen and oxygen atoms in total. The van der Waals surface area contributed by atoms with Crippen LogP contribution in [-0.2, 0) is 0 Å². The number of nitrogens with zero attached hydrogens (tertiary/aromatic N) is 4. The van der Waals surface area contributed by atoms with Gasteiger partial charge in [0.25, 0.3) is 5.88 Å². The van der Waals surface area contributed by atoms with E-state index >= 15 is 0 Å². The molecule has 1 atom stereocenters. The van der Waals surface area contributed by atoms with Gasteiger partial charge in [-0.15, -0.1) is 0 Å². The molecule has 0 spiro atoms. The van der Waals surface area contributed by atoms with Crippen molar-refractivity contribution in [2.24, 2.45) is 0 Å². The molecular weight excluding hydrogens is 397 g/mol. The van der Waals surface area contributed by atoms with Crippen LogP contribution in [-0.4, -0.2) is 39.7 Å². The van der Waals surface area contributed by atoms with Gasteiger partial charge in [-0.05, 0) is 24.3 Å². The summed E-state index contributed by atoms with van der Waals surface area (Å²) >= 11 is 0. The lowest BCUT2D eigenvalue weighted by atomic mass is 10.0. The van der Waals surface area contributed by atoms with Crippen LogP contribution in [0.2, 0.25) is 0 Å². The molecule has 4 heterocycles. The molecule has 1 aromatic carbocycles. The highest BCUT2D eigenvalue weighted by Crippen LogP contribution is 2.35. The molecule has 8 heteroatoms. The van der Waals surface area contributed by atoms with Crippen LogP contribution in [0.4, 0.5) is 10.2 Å². The Morgan fingerprint density at radius 3 is 2.87 bits per heavy atom. The molecule has 31 heavy (non-hydrogen) atoms. The normalized spacial score (nSPS) is 13.7. The lowest BCUT2D eigenvalue weighted by molar-refractivity contribution is 0.162. The number of benzene rings is 1. The molecule has 3 aromatic heterocycles. The molecule has 156 valence electrons. The second-order valence-electron chi connectivity index (χ2n) is 7.34. The summed E-state index contributed by atoms with van der Waals surface area (Å²) in [6.45, 7) is 3.73. The summed E-state index contributed by atoms with van der Waals surface area (Å²) < 4.78 is 25.8. The third-order valence-electron chi connectivity index (χ3n) is 5.21. The summed E-state index contributed by atoms with van der Waals surface area (Å²) in [6.07, 6.45) is 4.78. The zero-order chi connectivity index (χ0) is 21.2. The summed E-state index contributed by atoms with van der Waals surface area (Å²) in [5.41, 5.74) is 2.67. The van der Waals surface area contributed by atoms with Crippen molar-refractivity contribution in [3.8, 4) is 22.9 Å². The van der Waals surface area contributed by atoms with Crippen LogP contribution in [0.15, 0.2) is 55.1 Å². The van der Waals surface area contributed by atoms with Gasteiger partial charge in [0.05, 0.1) is 5.69 Å². The van der Waals surface area contributed by atoms with Crippen molar-refractivity contribution in [2.75, 3.05) is 25.1 Å². The van der Waals surface area contributed by atoms with E-state index in [0.29, 0.717) is 54.0 Å². The molecule has 0 fully saturated rings. The van der Waals surface area contributed by atoms with Crippen molar-refractivity contribution in [2.45, 2.75) is 12.8 Å². The van der Waals surface area contributed by atoms with Gasteiger partial charge in [-0.2, -0.15) is 0 Å². The first-order chi connectivity index (χ1) is 15.2. The first-order valence-electron chi connectivity index (χ1n) is 10.0. The highest BCUT2D eigenvalue weighted by Gasteiger charge is 2.20. The van der Waals surface area contributed by atoms with Gasteiger partial charge in [-0.3, -0.25) is 4.98 Å². The largest absolute Gasteiger partial charge is 0.484 e. The highest BCUT2D eigenvalue weighted by molar-refractivity contribution is 5.84. The second kappa shape index (κ2) is 8.14. The number of pyridine rings is 2. The molecule has 0 saturated heterocycles. The minimum Gasteiger partial charge on any atom is -0.484 e. The highest BCUT2D eigenvalue weighted by atomic mass is 19.1. The van der Waals surface area contributed by atoms with Crippen LogP contribution >= 0.6 is 0 Å². The van der Waals surface area contributed by atoms with Crippen LogP contribution in [0.3, 0.4) is 0 Å². The molecule has 0 bridgehead atoms. The summed E-state index contributed by atoms with van der Waals surface area (Å²) in [6, 6.07) is 10.7. The van der Waals surface area contributed by atoms with E-state index in [2.05, 4.69) is 32.2 Å². The van der Waals surface area contributed by atoms with Crippen LogP contribution in [0, 0.1) is 5.82 Å². The Morgan fingerprint density at radius 1 is 1.03 bits per heavy atom. The molecule has 1 unspecified atom stereocenters. The minimum absolute atomic E-state index is 0.126. The van der Waals surface area contributed by atoms with E-state index < -0.39 is 0 Å². The van der Waals surface area contributed by atoms with Crippen molar-refractivity contribution in [3.05, 3.63) is 66.5 Å². The van der Waals surface area contributed by atoms with Gasteiger partial charge < -0.3 is 14.8 Å². The van der Waals surface area contributed by atoms with Crippen molar-refractivity contribution in [3.63, 3.8) is 0 Å². The Bertz CT molecular complexity index is 1250. The smallest absolute Gasteiger partial charge is 0.257 e. The molecule has 0 aliphatic carbocycles. The SMILES string of the molecule is CC(CNc1cc(-c2cc(F)c3ncccc3c2)ncn1)c1ccnc2c1OCCO2. The topological polar surface area (TPSA) is 82.1 Å². The Hall–Kier alpha value is -3.81. The van der Waals surface area contributed by atoms with E-state index in [-0.39, 0.29) is 11.7 Å². The number of hydrogen-bond donors (Lipinski definition) is 1. The number of hydrogen-bond acceptors (Lipinski definition) is 7. The van der Waals surface area contributed by atoms with Gasteiger partial charge in [0, 0.05) is 47.4 Å². The van der Waals surface area contributed by atoms with Crippen molar-refractivity contribution >= 4 is 16.7 Å². The molecule has 1 aliphatic heterocycles. The fraction of sp³-hybridized carbons (Fsp3) is 0.217. The molecular formula is C23H20FN5O2. The molecule has 5 rings (SSSR count). The summed E-state index contributed by atoms with van der Waals surface area (Å²) in [4.78, 5) is 17.0. The van der Waals surface area contributed by atoms with Gasteiger partial charge in [0.15, 0.2) is 5.75 Å². The minimum atomic E-state index is -0.375. The van der Waals surface area contributed by atoms with Crippen molar-refractivity contribution in [1.82, 2.24) is 19.9 Å². The zero-order valence-electron chi connectivity index (χ0n) is 16.9. The van der Waals surface area contributed by atoms with Gasteiger partial charge in [-0.1, -0.05) is 13.0 Å². The average molecular weight is 417 g/mol. The second-order valence-corrected chi connectivity index (χ2v) is 7.34. The Labute approximate surface area is 178 Å². The van der Waals surface area contributed by atoms with Crippen LogP contribution in [0.1, 0.15) is 18.4 Å². The lowest BCUT2D eigenvalue weighted by Crippen LogP contribution is -2.19. The van der Waals surface area contributed by atoms with Crippen LogP contribution in [0.25, 0.3) is 22.2 Å². The first-order valence-corrected chi connectivity index (χ1v) is 10.0. The Kier molecular flexibility index (Phi) is 5.03. The Morgan fingerprint density at radius 2 is 1.94 bits per heavy atom. The van der Waals surface area contributed by atoms with E-state index in [1.807, 2.05) is 24.3 Å². The molecule has 0 radical (unpaired) electrons. The molecule has 1 N–H and O–H groups in total. The van der Waals surface area contributed by atoms with Gasteiger partial charge in [0.1, 0.15) is 36.7 Å². The third kappa shape index (κ3) is 3.84.